The van der Waals surface area contributed by atoms with Gasteiger partial charge >= 0.3 is 5.97 Å². The van der Waals surface area contributed by atoms with Gasteiger partial charge in [-0.25, -0.2) is 0 Å². The van der Waals surface area contributed by atoms with Gasteiger partial charge in [-0.05, 0) is 20.8 Å². The van der Waals surface area contributed by atoms with Crippen molar-refractivity contribution in [3.05, 3.63) is 0 Å². The van der Waals surface area contributed by atoms with Crippen LogP contribution in [0.1, 0.15) is 20.8 Å². The number of ether oxygens (including phenoxy) is 1. The van der Waals surface area contributed by atoms with E-state index in [1.54, 1.807) is 20.8 Å². The largest absolute Gasteiger partial charge is 0.460 e. The van der Waals surface area contributed by atoms with Gasteiger partial charge in [0, 0.05) is 6.54 Å². The fraction of sp³-hybridized carbons (Fsp3) is 0.875. The number of hydrogen-bond donors (Lipinski definition) is 3. The SMILES string of the molecule is CC(C)(C)OC(=O)C(CN)C(O)O. The average molecular weight is 191 g/mol. The Morgan fingerprint density at radius 1 is 1.46 bits per heavy atom. The minimum Gasteiger partial charge on any atom is -0.460 e. The van der Waals surface area contributed by atoms with Crippen molar-refractivity contribution in [1.29, 1.82) is 0 Å². The lowest BCUT2D eigenvalue weighted by Crippen LogP contribution is -2.39. The molecule has 0 heterocycles. The Morgan fingerprint density at radius 2 is 1.92 bits per heavy atom. The Labute approximate surface area is 77.5 Å². The Balaban J connectivity index is 4.23. The molecule has 5 nitrogen and oxygen atoms in total. The summed E-state index contributed by atoms with van der Waals surface area (Å²) >= 11 is 0. The van der Waals surface area contributed by atoms with Gasteiger partial charge in [-0.15, -0.1) is 0 Å². The molecule has 1 atom stereocenters. The highest BCUT2D eigenvalue weighted by Gasteiger charge is 2.28. The third-order valence-corrected chi connectivity index (χ3v) is 1.32. The van der Waals surface area contributed by atoms with Gasteiger partial charge in [0.05, 0.1) is 0 Å². The van der Waals surface area contributed by atoms with E-state index in [0.29, 0.717) is 0 Å². The number of esters is 1. The van der Waals surface area contributed by atoms with Crippen molar-refractivity contribution in [2.24, 2.45) is 11.7 Å². The zero-order valence-corrected chi connectivity index (χ0v) is 8.15. The Bertz CT molecular complexity index is 173. The molecule has 0 spiro atoms. The molecule has 0 bridgehead atoms. The first kappa shape index (κ1) is 12.3. The Morgan fingerprint density at radius 3 is 2.15 bits per heavy atom. The highest BCUT2D eigenvalue weighted by atomic mass is 16.6. The minimum absolute atomic E-state index is 0.146. The van der Waals surface area contributed by atoms with Crippen molar-refractivity contribution >= 4 is 5.97 Å². The summed E-state index contributed by atoms with van der Waals surface area (Å²) in [6.07, 6.45) is -1.76. The summed E-state index contributed by atoms with van der Waals surface area (Å²) in [4.78, 5) is 11.2. The van der Waals surface area contributed by atoms with Crippen molar-refractivity contribution in [3.8, 4) is 0 Å². The van der Waals surface area contributed by atoms with E-state index in [9.17, 15) is 4.79 Å². The molecule has 13 heavy (non-hydrogen) atoms. The molecule has 0 amide bonds. The molecule has 0 aromatic rings. The standard InChI is InChI=1S/C8H17NO4/c1-8(2,3)13-7(12)5(4-9)6(10)11/h5-6,10-11H,4,9H2,1-3H3. The third kappa shape index (κ3) is 4.82. The number of hydrogen-bond acceptors (Lipinski definition) is 5. The molecule has 0 rings (SSSR count). The van der Waals surface area contributed by atoms with Crippen LogP contribution in [-0.2, 0) is 9.53 Å². The van der Waals surface area contributed by atoms with E-state index in [4.69, 9.17) is 20.7 Å². The zero-order chi connectivity index (χ0) is 10.6. The topological polar surface area (TPSA) is 92.8 Å². The van der Waals surface area contributed by atoms with E-state index < -0.39 is 23.8 Å². The minimum atomic E-state index is -1.76. The number of aliphatic hydroxyl groups excluding tert-OH is 1. The molecule has 78 valence electrons. The van der Waals surface area contributed by atoms with Crippen molar-refractivity contribution < 1.29 is 19.7 Å². The smallest absolute Gasteiger partial charge is 0.315 e. The maximum atomic E-state index is 11.2. The van der Waals surface area contributed by atoms with Crippen LogP contribution in [0.25, 0.3) is 0 Å². The normalized spacial score (nSPS) is 14.4. The summed E-state index contributed by atoms with van der Waals surface area (Å²) in [5, 5.41) is 17.5. The van der Waals surface area contributed by atoms with Crippen LogP contribution in [0, 0.1) is 5.92 Å². The molecular weight excluding hydrogens is 174 g/mol. The van der Waals surface area contributed by atoms with Gasteiger partial charge in [-0.1, -0.05) is 0 Å². The maximum Gasteiger partial charge on any atom is 0.315 e. The summed E-state index contributed by atoms with van der Waals surface area (Å²) in [7, 11) is 0. The third-order valence-electron chi connectivity index (χ3n) is 1.32. The van der Waals surface area contributed by atoms with Crippen LogP contribution in [-0.4, -0.2) is 34.6 Å². The van der Waals surface area contributed by atoms with Crippen LogP contribution in [0.15, 0.2) is 0 Å². The molecule has 5 heteroatoms. The van der Waals surface area contributed by atoms with Crippen LogP contribution < -0.4 is 5.73 Å². The highest BCUT2D eigenvalue weighted by molar-refractivity contribution is 5.73. The monoisotopic (exact) mass is 191 g/mol. The first-order chi connectivity index (χ1) is 5.78. The molecule has 0 fully saturated rings. The van der Waals surface area contributed by atoms with Crippen molar-refractivity contribution in [2.75, 3.05) is 6.54 Å². The quantitative estimate of drug-likeness (QED) is 0.401. The summed E-state index contributed by atoms with van der Waals surface area (Å²) in [6, 6.07) is 0. The maximum absolute atomic E-state index is 11.2. The molecule has 0 saturated heterocycles. The second-order valence-electron chi connectivity index (χ2n) is 3.79. The van der Waals surface area contributed by atoms with Crippen molar-refractivity contribution in [2.45, 2.75) is 32.7 Å². The van der Waals surface area contributed by atoms with Crippen LogP contribution in [0.5, 0.6) is 0 Å². The molecule has 0 aliphatic rings. The van der Waals surface area contributed by atoms with Gasteiger partial charge in [0.1, 0.15) is 11.5 Å². The van der Waals surface area contributed by atoms with E-state index in [1.165, 1.54) is 0 Å². The van der Waals surface area contributed by atoms with Crippen LogP contribution >= 0.6 is 0 Å². The predicted molar refractivity (Wildman–Crippen MR) is 46.6 cm³/mol. The van der Waals surface area contributed by atoms with Gasteiger partial charge in [0.25, 0.3) is 0 Å². The number of aliphatic hydroxyl groups is 2. The lowest BCUT2D eigenvalue weighted by Gasteiger charge is -2.23. The van der Waals surface area contributed by atoms with E-state index >= 15 is 0 Å². The summed E-state index contributed by atoms with van der Waals surface area (Å²) in [6.45, 7) is 4.94. The van der Waals surface area contributed by atoms with Crippen molar-refractivity contribution in [3.63, 3.8) is 0 Å². The molecular formula is C8H17NO4. The zero-order valence-electron chi connectivity index (χ0n) is 8.15. The van der Waals surface area contributed by atoms with E-state index in [1.807, 2.05) is 0 Å². The highest BCUT2D eigenvalue weighted by Crippen LogP contribution is 2.12. The van der Waals surface area contributed by atoms with E-state index in [0.717, 1.165) is 0 Å². The molecule has 0 aliphatic carbocycles. The van der Waals surface area contributed by atoms with Crippen LogP contribution in [0.2, 0.25) is 0 Å². The molecule has 1 unspecified atom stereocenters. The fourth-order valence-corrected chi connectivity index (χ4v) is 0.717. The van der Waals surface area contributed by atoms with Crippen molar-refractivity contribution in [1.82, 2.24) is 0 Å². The summed E-state index contributed by atoms with van der Waals surface area (Å²) in [5.74, 6) is -1.76. The molecule has 0 radical (unpaired) electrons. The fourth-order valence-electron chi connectivity index (χ4n) is 0.717. The molecule has 0 saturated carbocycles. The van der Waals surface area contributed by atoms with Crippen LogP contribution in [0.3, 0.4) is 0 Å². The van der Waals surface area contributed by atoms with Gasteiger partial charge in [-0.2, -0.15) is 0 Å². The second-order valence-corrected chi connectivity index (χ2v) is 3.79. The molecule has 0 aromatic carbocycles. The number of rotatable bonds is 3. The molecule has 4 N–H and O–H groups in total. The Kier molecular flexibility index (Phi) is 4.32. The average Bonchev–Trinajstić information content (AvgIpc) is 1.82. The van der Waals surface area contributed by atoms with Gasteiger partial charge in [-0.3, -0.25) is 4.79 Å². The van der Waals surface area contributed by atoms with Gasteiger partial charge in [0.2, 0.25) is 0 Å². The first-order valence-corrected chi connectivity index (χ1v) is 4.07. The molecule has 0 aromatic heterocycles. The number of carbonyl (C=O) groups is 1. The summed E-state index contributed by atoms with van der Waals surface area (Å²) < 4.78 is 4.91. The summed E-state index contributed by atoms with van der Waals surface area (Å²) in [5.41, 5.74) is 4.53. The number of carbonyl (C=O) groups excluding carboxylic acids is 1. The van der Waals surface area contributed by atoms with Gasteiger partial charge < -0.3 is 20.7 Å². The lowest BCUT2D eigenvalue weighted by atomic mass is 10.1. The second kappa shape index (κ2) is 4.55. The van der Waals surface area contributed by atoms with E-state index in [2.05, 4.69) is 0 Å². The van der Waals surface area contributed by atoms with Gasteiger partial charge in [0.15, 0.2) is 6.29 Å². The van der Waals surface area contributed by atoms with E-state index in [-0.39, 0.29) is 6.54 Å². The number of nitrogens with two attached hydrogens (primary N) is 1. The predicted octanol–water partition coefficient (Wildman–Crippen LogP) is -0.786. The Hall–Kier alpha value is -0.650. The lowest BCUT2D eigenvalue weighted by molar-refractivity contribution is -0.174. The molecule has 0 aliphatic heterocycles. The van der Waals surface area contributed by atoms with Crippen LogP contribution in [0.4, 0.5) is 0 Å². The first-order valence-electron chi connectivity index (χ1n) is 4.07.